The van der Waals surface area contributed by atoms with Gasteiger partial charge in [0.1, 0.15) is 11.4 Å². The smallest absolute Gasteiger partial charge is 0.256 e. The number of hydrogen-bond donors (Lipinski definition) is 0. The number of aromatic nitrogens is 2. The minimum absolute atomic E-state index is 0.139. The fourth-order valence-electron chi connectivity index (χ4n) is 5.34. The van der Waals surface area contributed by atoms with Gasteiger partial charge in [0, 0.05) is 55.7 Å². The molecule has 7 heteroatoms. The van der Waals surface area contributed by atoms with Gasteiger partial charge < -0.3 is 4.90 Å². The van der Waals surface area contributed by atoms with Crippen molar-refractivity contribution in [3.8, 4) is 11.1 Å². The first-order valence-corrected chi connectivity index (χ1v) is 12.2. The Morgan fingerprint density at radius 1 is 1.03 bits per heavy atom. The first kappa shape index (κ1) is 19.9. The maximum atomic E-state index is 13.2. The van der Waals surface area contributed by atoms with E-state index in [1.54, 1.807) is 0 Å². The summed E-state index contributed by atoms with van der Waals surface area (Å²) >= 11 is 0. The molecular formula is C27H27N5O2. The molecule has 172 valence electrons. The lowest BCUT2D eigenvalue weighted by Crippen LogP contribution is -2.55. The summed E-state index contributed by atoms with van der Waals surface area (Å²) in [5, 5.41) is 5.57. The lowest BCUT2D eigenvalue weighted by molar-refractivity contribution is -0.139. The number of carbonyl (C=O) groups excluding carboxylic acids is 2. The predicted octanol–water partition coefficient (Wildman–Crippen LogP) is 3.23. The van der Waals surface area contributed by atoms with Crippen LogP contribution in [-0.4, -0.2) is 62.4 Å². The van der Waals surface area contributed by atoms with Crippen LogP contribution in [-0.2, 0) is 16.6 Å². The molecule has 0 atom stereocenters. The van der Waals surface area contributed by atoms with Gasteiger partial charge in [-0.3, -0.25) is 24.2 Å². The number of carbonyl (C=O) groups is 2. The molecule has 3 fully saturated rings. The SMILES string of the molecule is Cn1cc2cc(-c3ccc(C4=NC5(CC5)C(=O)N4CC4CN(C(=O)C5CC5)C4)cc3)ccc2n1. The Hall–Kier alpha value is -3.48. The van der Waals surface area contributed by atoms with Crippen LogP contribution in [0.3, 0.4) is 0 Å². The van der Waals surface area contributed by atoms with Crippen molar-refractivity contribution in [2.75, 3.05) is 19.6 Å². The quantitative estimate of drug-likeness (QED) is 0.596. The molecule has 4 aliphatic rings. The van der Waals surface area contributed by atoms with Crippen molar-refractivity contribution in [1.29, 1.82) is 0 Å². The second-order valence-electron chi connectivity index (χ2n) is 10.4. The average Bonchev–Trinajstić information content (AvgIpc) is 3.72. The van der Waals surface area contributed by atoms with Gasteiger partial charge in [0.25, 0.3) is 5.91 Å². The molecule has 1 saturated heterocycles. The molecule has 3 aromatic rings. The van der Waals surface area contributed by atoms with Crippen LogP contribution >= 0.6 is 0 Å². The average molecular weight is 454 g/mol. The molecule has 2 saturated carbocycles. The van der Waals surface area contributed by atoms with Crippen molar-refractivity contribution in [3.63, 3.8) is 0 Å². The van der Waals surface area contributed by atoms with Crippen molar-refractivity contribution in [2.24, 2.45) is 23.9 Å². The number of likely N-dealkylation sites (tertiary alicyclic amines) is 1. The molecule has 2 aliphatic carbocycles. The number of amides is 2. The zero-order valence-corrected chi connectivity index (χ0v) is 19.3. The Bertz CT molecular complexity index is 1360. The van der Waals surface area contributed by atoms with Crippen LogP contribution in [0.5, 0.6) is 0 Å². The van der Waals surface area contributed by atoms with Crippen LogP contribution < -0.4 is 0 Å². The Morgan fingerprint density at radius 3 is 2.44 bits per heavy atom. The van der Waals surface area contributed by atoms with Crippen LogP contribution in [0.25, 0.3) is 22.0 Å². The molecule has 3 heterocycles. The Balaban J connectivity index is 1.11. The first-order valence-electron chi connectivity index (χ1n) is 12.2. The highest BCUT2D eigenvalue weighted by atomic mass is 16.2. The van der Waals surface area contributed by atoms with E-state index in [1.165, 1.54) is 0 Å². The molecule has 1 aromatic heterocycles. The normalized spacial score (nSPS) is 21.3. The number of aryl methyl sites for hydroxylation is 1. The molecule has 1 spiro atoms. The summed E-state index contributed by atoms with van der Waals surface area (Å²) in [4.78, 5) is 34.3. The topological polar surface area (TPSA) is 70.8 Å². The maximum Gasteiger partial charge on any atom is 0.256 e. The van der Waals surface area contributed by atoms with Crippen molar-refractivity contribution >= 4 is 28.6 Å². The third-order valence-corrected chi connectivity index (χ3v) is 7.67. The van der Waals surface area contributed by atoms with E-state index in [4.69, 9.17) is 4.99 Å². The number of nitrogens with zero attached hydrogens (tertiary/aromatic N) is 5. The van der Waals surface area contributed by atoms with Gasteiger partial charge >= 0.3 is 0 Å². The second-order valence-corrected chi connectivity index (χ2v) is 10.4. The van der Waals surface area contributed by atoms with E-state index in [0.717, 1.165) is 72.2 Å². The molecule has 0 N–H and O–H groups in total. The first-order chi connectivity index (χ1) is 16.5. The van der Waals surface area contributed by atoms with Gasteiger partial charge in [-0.05, 0) is 48.9 Å². The molecule has 2 amide bonds. The highest BCUT2D eigenvalue weighted by Gasteiger charge is 2.57. The molecule has 2 aromatic carbocycles. The van der Waals surface area contributed by atoms with Gasteiger partial charge in [0.05, 0.1) is 5.52 Å². The molecule has 0 bridgehead atoms. The fraction of sp³-hybridized carbons (Fsp3) is 0.407. The lowest BCUT2D eigenvalue weighted by Gasteiger charge is -2.41. The van der Waals surface area contributed by atoms with E-state index in [0.29, 0.717) is 18.4 Å². The van der Waals surface area contributed by atoms with E-state index in [9.17, 15) is 9.59 Å². The zero-order valence-electron chi connectivity index (χ0n) is 19.3. The number of fused-ring (bicyclic) bond motifs is 1. The Labute approximate surface area is 198 Å². The van der Waals surface area contributed by atoms with E-state index in [-0.39, 0.29) is 11.8 Å². The lowest BCUT2D eigenvalue weighted by atomic mass is 9.97. The predicted molar refractivity (Wildman–Crippen MR) is 129 cm³/mol. The molecule has 34 heavy (non-hydrogen) atoms. The van der Waals surface area contributed by atoms with Crippen LogP contribution in [0.1, 0.15) is 31.2 Å². The van der Waals surface area contributed by atoms with E-state index >= 15 is 0 Å². The van der Waals surface area contributed by atoms with E-state index in [2.05, 4.69) is 41.5 Å². The summed E-state index contributed by atoms with van der Waals surface area (Å²) in [5.74, 6) is 1.83. The third kappa shape index (κ3) is 3.17. The Morgan fingerprint density at radius 2 is 1.74 bits per heavy atom. The van der Waals surface area contributed by atoms with Crippen molar-refractivity contribution in [1.82, 2.24) is 19.6 Å². The molecule has 7 rings (SSSR count). The van der Waals surface area contributed by atoms with Crippen LogP contribution in [0.15, 0.2) is 53.7 Å². The standard InChI is InChI=1S/C27H27N5O2/c1-30-16-22-12-21(8-9-23(22)29-30)18-2-4-19(5-3-18)24-28-27(10-11-27)26(34)32(24)15-17-13-31(14-17)25(33)20-6-7-20/h2-5,8-9,12,16-17,20H,6-7,10-11,13-15H2,1H3. The van der Waals surface area contributed by atoms with E-state index in [1.807, 2.05) is 33.8 Å². The number of amidine groups is 1. The summed E-state index contributed by atoms with van der Waals surface area (Å²) < 4.78 is 1.83. The molecule has 0 unspecified atom stereocenters. The second kappa shape index (κ2) is 7.01. The Kier molecular flexibility index (Phi) is 4.11. The summed E-state index contributed by atoms with van der Waals surface area (Å²) in [5.41, 5.74) is 3.71. The van der Waals surface area contributed by atoms with E-state index < -0.39 is 5.54 Å². The number of aliphatic imine (C=N–C) groups is 1. The summed E-state index contributed by atoms with van der Waals surface area (Å²) in [6, 6.07) is 14.7. The van der Waals surface area contributed by atoms with Crippen molar-refractivity contribution in [3.05, 3.63) is 54.2 Å². The van der Waals surface area contributed by atoms with Gasteiger partial charge in [-0.15, -0.1) is 0 Å². The van der Waals surface area contributed by atoms with Gasteiger partial charge in [-0.1, -0.05) is 30.3 Å². The van der Waals surface area contributed by atoms with Crippen LogP contribution in [0.2, 0.25) is 0 Å². The molecule has 2 aliphatic heterocycles. The number of hydrogen-bond acceptors (Lipinski definition) is 4. The minimum Gasteiger partial charge on any atom is -0.342 e. The monoisotopic (exact) mass is 453 g/mol. The van der Waals surface area contributed by atoms with Gasteiger partial charge in [0.2, 0.25) is 5.91 Å². The van der Waals surface area contributed by atoms with Crippen LogP contribution in [0, 0.1) is 11.8 Å². The molecule has 7 nitrogen and oxygen atoms in total. The summed E-state index contributed by atoms with van der Waals surface area (Å²) in [6.45, 7) is 2.16. The third-order valence-electron chi connectivity index (χ3n) is 7.67. The van der Waals surface area contributed by atoms with Crippen LogP contribution in [0.4, 0.5) is 0 Å². The summed E-state index contributed by atoms with van der Waals surface area (Å²) in [7, 11) is 1.93. The van der Waals surface area contributed by atoms with Crippen molar-refractivity contribution in [2.45, 2.75) is 31.2 Å². The maximum absolute atomic E-state index is 13.2. The highest BCUT2D eigenvalue weighted by Crippen LogP contribution is 2.46. The number of benzene rings is 2. The fourth-order valence-corrected chi connectivity index (χ4v) is 5.34. The van der Waals surface area contributed by atoms with Crippen molar-refractivity contribution < 1.29 is 9.59 Å². The highest BCUT2D eigenvalue weighted by molar-refractivity contribution is 6.16. The zero-order chi connectivity index (χ0) is 23.0. The van der Waals surface area contributed by atoms with Gasteiger partial charge in [0.15, 0.2) is 0 Å². The molecular weight excluding hydrogens is 426 g/mol. The largest absolute Gasteiger partial charge is 0.342 e. The van der Waals surface area contributed by atoms with Gasteiger partial charge in [-0.25, -0.2) is 0 Å². The molecule has 0 radical (unpaired) electrons. The number of rotatable bonds is 5. The minimum atomic E-state index is -0.521. The van der Waals surface area contributed by atoms with Gasteiger partial charge in [-0.2, -0.15) is 5.10 Å². The summed E-state index contributed by atoms with van der Waals surface area (Å²) in [6.07, 6.45) is 5.78.